The number of aliphatic carboxylic acids is 1. The number of anilines is 1. The quantitative estimate of drug-likeness (QED) is 0.760. The molecule has 3 rings (SSSR count). The molecule has 0 spiro atoms. The third-order valence-electron chi connectivity index (χ3n) is 4.99. The molecular weight excluding hydrogens is 344 g/mol. The highest BCUT2D eigenvalue weighted by atomic mass is 32.2. The minimum Gasteiger partial charge on any atom is -0.550 e. The van der Waals surface area contributed by atoms with Gasteiger partial charge < -0.3 is 14.8 Å². The van der Waals surface area contributed by atoms with Gasteiger partial charge in [0.15, 0.2) is 0 Å². The molecule has 0 N–H and O–H groups in total. The summed E-state index contributed by atoms with van der Waals surface area (Å²) in [5.74, 6) is -1.83. The first kappa shape index (κ1) is 17.9. The molecule has 1 aromatic rings. The topological polar surface area (TPSA) is 97.8 Å². The second kappa shape index (κ2) is 6.76. The highest BCUT2D eigenvalue weighted by molar-refractivity contribution is 7.89. The van der Waals surface area contributed by atoms with Gasteiger partial charge in [-0.2, -0.15) is 4.31 Å². The van der Waals surface area contributed by atoms with Gasteiger partial charge in [0.25, 0.3) is 0 Å². The van der Waals surface area contributed by atoms with Crippen LogP contribution in [0.15, 0.2) is 29.2 Å². The van der Waals surface area contributed by atoms with E-state index in [1.165, 1.54) is 21.3 Å². The summed E-state index contributed by atoms with van der Waals surface area (Å²) < 4.78 is 26.9. The number of nitrogens with zero attached hydrogens (tertiary/aromatic N) is 2. The van der Waals surface area contributed by atoms with Gasteiger partial charge >= 0.3 is 0 Å². The molecule has 0 aliphatic carbocycles. The average molecular weight is 365 g/mol. The second-order valence-corrected chi connectivity index (χ2v) is 8.74. The molecule has 2 fully saturated rings. The normalized spacial score (nSPS) is 23.2. The van der Waals surface area contributed by atoms with Crippen LogP contribution in [-0.2, 0) is 19.6 Å². The Kier molecular flexibility index (Phi) is 4.83. The smallest absolute Gasteiger partial charge is 0.243 e. The molecule has 25 heavy (non-hydrogen) atoms. The Bertz CT molecular complexity index is 767. The molecule has 1 amide bonds. The van der Waals surface area contributed by atoms with Crippen molar-refractivity contribution in [2.24, 2.45) is 11.8 Å². The molecule has 7 nitrogen and oxygen atoms in total. The van der Waals surface area contributed by atoms with Crippen molar-refractivity contribution in [3.05, 3.63) is 24.3 Å². The molecule has 136 valence electrons. The van der Waals surface area contributed by atoms with Crippen molar-refractivity contribution in [3.63, 3.8) is 0 Å². The van der Waals surface area contributed by atoms with Crippen LogP contribution in [0.1, 0.15) is 26.2 Å². The van der Waals surface area contributed by atoms with E-state index in [0.717, 1.165) is 12.8 Å². The molecule has 2 saturated heterocycles. The van der Waals surface area contributed by atoms with Crippen molar-refractivity contribution in [3.8, 4) is 0 Å². The maximum absolute atomic E-state index is 12.7. The molecule has 0 radical (unpaired) electrons. The first-order valence-corrected chi connectivity index (χ1v) is 9.84. The Morgan fingerprint density at radius 3 is 2.28 bits per heavy atom. The monoisotopic (exact) mass is 365 g/mol. The third kappa shape index (κ3) is 3.55. The molecular formula is C17H21N2O5S-. The van der Waals surface area contributed by atoms with E-state index in [1.54, 1.807) is 12.1 Å². The molecule has 0 saturated carbocycles. The standard InChI is InChI=1S/C17H22N2O5S/c1-12-6-8-18(9-7-12)25(23,24)15-4-2-14(3-5-15)19-11-13(17(21)22)10-16(19)20/h2-5,12-13H,6-11H2,1H3,(H,21,22)/p-1/t13-/m1/s1. The lowest BCUT2D eigenvalue weighted by atomic mass is 10.0. The lowest BCUT2D eigenvalue weighted by Crippen LogP contribution is -2.37. The summed E-state index contributed by atoms with van der Waals surface area (Å²) in [6.07, 6.45) is 1.61. The lowest BCUT2D eigenvalue weighted by molar-refractivity contribution is -0.310. The van der Waals surface area contributed by atoms with Gasteiger partial charge in [0.05, 0.1) is 4.90 Å². The number of carboxylic acid groups (broad SMARTS) is 1. The number of sulfonamides is 1. The first-order valence-electron chi connectivity index (χ1n) is 8.40. The summed E-state index contributed by atoms with van der Waals surface area (Å²) in [7, 11) is -3.54. The van der Waals surface area contributed by atoms with Crippen LogP contribution in [-0.4, -0.2) is 44.2 Å². The predicted molar refractivity (Wildman–Crippen MR) is 89.1 cm³/mol. The van der Waals surface area contributed by atoms with Gasteiger partial charge in [-0.25, -0.2) is 8.42 Å². The molecule has 8 heteroatoms. The van der Waals surface area contributed by atoms with Crippen molar-refractivity contribution in [1.29, 1.82) is 0 Å². The molecule has 2 aliphatic rings. The minimum atomic E-state index is -3.54. The van der Waals surface area contributed by atoms with Crippen molar-refractivity contribution in [1.82, 2.24) is 4.31 Å². The highest BCUT2D eigenvalue weighted by Crippen LogP contribution is 2.28. The number of benzene rings is 1. The molecule has 0 aromatic heterocycles. The summed E-state index contributed by atoms with van der Waals surface area (Å²) in [5.41, 5.74) is 0.500. The Labute approximate surface area is 147 Å². The SMILES string of the molecule is CC1CCN(S(=O)(=O)c2ccc(N3C[C@H](C(=O)[O-])CC3=O)cc2)CC1. The first-order chi connectivity index (χ1) is 11.8. The van der Waals surface area contributed by atoms with Gasteiger partial charge in [-0.1, -0.05) is 6.92 Å². The molecule has 2 heterocycles. The van der Waals surface area contributed by atoms with Gasteiger partial charge in [-0.05, 0) is 43.0 Å². The number of amides is 1. The van der Waals surface area contributed by atoms with E-state index < -0.39 is 21.9 Å². The van der Waals surface area contributed by atoms with Crippen molar-refractivity contribution in [2.75, 3.05) is 24.5 Å². The number of carbonyl (C=O) groups is 2. The van der Waals surface area contributed by atoms with Crippen LogP contribution in [0.3, 0.4) is 0 Å². The lowest BCUT2D eigenvalue weighted by Gasteiger charge is -2.29. The maximum atomic E-state index is 12.7. The minimum absolute atomic E-state index is 0.0529. The van der Waals surface area contributed by atoms with E-state index in [-0.39, 0.29) is 23.8 Å². The zero-order valence-corrected chi connectivity index (χ0v) is 14.9. The Morgan fingerprint density at radius 1 is 1.16 bits per heavy atom. The maximum Gasteiger partial charge on any atom is 0.243 e. The van der Waals surface area contributed by atoms with Crippen LogP contribution in [0.4, 0.5) is 5.69 Å². The van der Waals surface area contributed by atoms with Crippen LogP contribution in [0.5, 0.6) is 0 Å². The number of piperidine rings is 1. The average Bonchev–Trinajstić information content (AvgIpc) is 2.97. The van der Waals surface area contributed by atoms with Crippen LogP contribution in [0.2, 0.25) is 0 Å². The van der Waals surface area contributed by atoms with Crippen molar-refractivity contribution < 1.29 is 23.1 Å². The zero-order chi connectivity index (χ0) is 18.2. The van der Waals surface area contributed by atoms with Gasteiger partial charge in [-0.15, -0.1) is 0 Å². The van der Waals surface area contributed by atoms with E-state index in [2.05, 4.69) is 6.92 Å². The zero-order valence-electron chi connectivity index (χ0n) is 14.1. The third-order valence-corrected chi connectivity index (χ3v) is 6.90. The summed E-state index contributed by atoms with van der Waals surface area (Å²) in [5, 5.41) is 10.9. The fraction of sp³-hybridized carbons (Fsp3) is 0.529. The largest absolute Gasteiger partial charge is 0.550 e. The second-order valence-electron chi connectivity index (χ2n) is 6.80. The van der Waals surface area contributed by atoms with E-state index >= 15 is 0 Å². The summed E-state index contributed by atoms with van der Waals surface area (Å²) in [4.78, 5) is 24.4. The Balaban J connectivity index is 1.76. The van der Waals surface area contributed by atoms with Crippen molar-refractivity contribution in [2.45, 2.75) is 31.1 Å². The number of hydrogen-bond donors (Lipinski definition) is 0. The summed E-state index contributed by atoms with van der Waals surface area (Å²) in [6, 6.07) is 6.05. The van der Waals surface area contributed by atoms with Gasteiger partial charge in [0, 0.05) is 43.6 Å². The summed E-state index contributed by atoms with van der Waals surface area (Å²) in [6.45, 7) is 3.20. The molecule has 1 atom stereocenters. The summed E-state index contributed by atoms with van der Waals surface area (Å²) >= 11 is 0. The Hall–Kier alpha value is -1.93. The predicted octanol–water partition coefficient (Wildman–Crippen LogP) is 0.210. The molecule has 0 bridgehead atoms. The Morgan fingerprint density at radius 2 is 1.76 bits per heavy atom. The van der Waals surface area contributed by atoms with Crippen LogP contribution in [0.25, 0.3) is 0 Å². The van der Waals surface area contributed by atoms with Crippen LogP contribution < -0.4 is 10.0 Å². The van der Waals surface area contributed by atoms with E-state index in [0.29, 0.717) is 24.7 Å². The highest BCUT2D eigenvalue weighted by Gasteiger charge is 2.32. The number of carboxylic acids is 1. The number of carbonyl (C=O) groups excluding carboxylic acids is 2. The van der Waals surface area contributed by atoms with E-state index in [1.807, 2.05) is 0 Å². The van der Waals surface area contributed by atoms with Crippen molar-refractivity contribution >= 4 is 27.6 Å². The van der Waals surface area contributed by atoms with Gasteiger partial charge in [0.2, 0.25) is 15.9 Å². The van der Waals surface area contributed by atoms with E-state index in [4.69, 9.17) is 0 Å². The fourth-order valence-corrected chi connectivity index (χ4v) is 4.76. The van der Waals surface area contributed by atoms with E-state index in [9.17, 15) is 23.1 Å². The molecule has 2 aliphatic heterocycles. The van der Waals surface area contributed by atoms with Crippen LogP contribution >= 0.6 is 0 Å². The molecule has 1 aromatic carbocycles. The van der Waals surface area contributed by atoms with Gasteiger partial charge in [0.1, 0.15) is 0 Å². The number of rotatable bonds is 4. The number of hydrogen-bond acceptors (Lipinski definition) is 5. The molecule has 0 unspecified atom stereocenters. The van der Waals surface area contributed by atoms with Crippen LogP contribution in [0, 0.1) is 11.8 Å². The van der Waals surface area contributed by atoms with Gasteiger partial charge in [-0.3, -0.25) is 4.79 Å². The fourth-order valence-electron chi connectivity index (χ4n) is 3.29.